The zero-order valence-corrected chi connectivity index (χ0v) is 18.0. The van der Waals surface area contributed by atoms with Gasteiger partial charge in [-0.1, -0.05) is 13.8 Å². The molecule has 1 saturated carbocycles. The maximum atomic E-state index is 9.32. The molecule has 1 aliphatic carbocycles. The zero-order chi connectivity index (χ0) is 17.1. The highest BCUT2D eigenvalue weighted by atomic mass is 127. The molecular formula is C17H34IN3O3. The summed E-state index contributed by atoms with van der Waals surface area (Å²) in [5.41, 5.74) is -0.0396. The fraction of sp³-hybridized carbons (Fsp3) is 0.941. The molecule has 7 heteroatoms. The van der Waals surface area contributed by atoms with Gasteiger partial charge in [0.2, 0.25) is 0 Å². The molecule has 1 heterocycles. The van der Waals surface area contributed by atoms with Crippen LogP contribution < -0.4 is 10.6 Å². The summed E-state index contributed by atoms with van der Waals surface area (Å²) < 4.78 is 11.2. The van der Waals surface area contributed by atoms with Gasteiger partial charge in [-0.15, -0.1) is 24.0 Å². The number of ether oxygens (including phenoxy) is 2. The number of aliphatic hydroxyl groups is 1. The molecule has 3 unspecified atom stereocenters. The Kier molecular flexibility index (Phi) is 7.77. The Balaban J connectivity index is 0.00000288. The van der Waals surface area contributed by atoms with E-state index in [0.717, 1.165) is 38.4 Å². The third kappa shape index (κ3) is 4.16. The molecule has 0 aromatic rings. The summed E-state index contributed by atoms with van der Waals surface area (Å²) in [5.74, 6) is 0.811. The fourth-order valence-corrected chi connectivity index (χ4v) is 3.67. The van der Waals surface area contributed by atoms with E-state index in [9.17, 15) is 5.11 Å². The largest absolute Gasteiger partial charge is 0.396 e. The van der Waals surface area contributed by atoms with E-state index in [-0.39, 0.29) is 47.0 Å². The van der Waals surface area contributed by atoms with Gasteiger partial charge in [0.1, 0.15) is 0 Å². The van der Waals surface area contributed by atoms with Crippen molar-refractivity contribution in [3.05, 3.63) is 0 Å². The van der Waals surface area contributed by atoms with Crippen LogP contribution in [0.1, 0.15) is 40.0 Å². The maximum absolute atomic E-state index is 9.32. The average molecular weight is 455 g/mol. The Morgan fingerprint density at radius 1 is 1.38 bits per heavy atom. The minimum atomic E-state index is -0.0963. The minimum Gasteiger partial charge on any atom is -0.396 e. The average Bonchev–Trinajstić information content (AvgIpc) is 2.99. The topological polar surface area (TPSA) is 75.1 Å². The van der Waals surface area contributed by atoms with E-state index in [1.807, 2.05) is 0 Å². The molecule has 24 heavy (non-hydrogen) atoms. The van der Waals surface area contributed by atoms with Crippen molar-refractivity contribution < 1.29 is 14.6 Å². The van der Waals surface area contributed by atoms with Gasteiger partial charge >= 0.3 is 0 Å². The van der Waals surface area contributed by atoms with Crippen LogP contribution in [0.2, 0.25) is 0 Å². The lowest BCUT2D eigenvalue weighted by atomic mass is 9.56. The molecule has 2 fully saturated rings. The van der Waals surface area contributed by atoms with E-state index in [2.05, 4.69) is 36.4 Å². The molecule has 1 saturated heterocycles. The number of methoxy groups -OCH3 is 1. The molecule has 0 amide bonds. The summed E-state index contributed by atoms with van der Waals surface area (Å²) in [4.78, 5) is 4.35. The van der Waals surface area contributed by atoms with Gasteiger partial charge < -0.3 is 25.2 Å². The summed E-state index contributed by atoms with van der Waals surface area (Å²) in [6.07, 6.45) is 2.70. The van der Waals surface area contributed by atoms with Gasteiger partial charge in [0.15, 0.2) is 5.96 Å². The normalized spacial score (nSPS) is 35.1. The molecule has 1 aliphatic heterocycles. The zero-order valence-electron chi connectivity index (χ0n) is 15.6. The highest BCUT2D eigenvalue weighted by Crippen LogP contribution is 2.51. The Morgan fingerprint density at radius 3 is 2.54 bits per heavy atom. The Labute approximate surface area is 163 Å². The summed E-state index contributed by atoms with van der Waals surface area (Å²) in [6.45, 7) is 9.05. The van der Waals surface area contributed by atoms with Crippen molar-refractivity contribution in [1.29, 1.82) is 0 Å². The molecule has 0 aromatic carbocycles. The first-order chi connectivity index (χ1) is 10.8. The van der Waals surface area contributed by atoms with Crippen LogP contribution in [0.5, 0.6) is 0 Å². The molecule has 2 rings (SSSR count). The van der Waals surface area contributed by atoms with E-state index in [1.54, 1.807) is 14.2 Å². The van der Waals surface area contributed by atoms with Gasteiger partial charge in [-0.3, -0.25) is 4.99 Å². The van der Waals surface area contributed by atoms with E-state index in [0.29, 0.717) is 12.6 Å². The van der Waals surface area contributed by atoms with E-state index >= 15 is 0 Å². The molecule has 6 nitrogen and oxygen atoms in total. The Hall–Kier alpha value is -0.120. The van der Waals surface area contributed by atoms with Crippen LogP contribution in [0, 0.1) is 10.8 Å². The van der Waals surface area contributed by atoms with Gasteiger partial charge in [0.05, 0.1) is 12.2 Å². The predicted octanol–water partition coefficient (Wildman–Crippen LogP) is 1.76. The standard InChI is InChI=1S/C17H33N3O3.HI/c1-15(2)13(10-16(15,3)22-5)20-14(18-4)19-11-17(6-8-21)7-9-23-12-17;/h13,21H,6-12H2,1-5H3,(H2,18,19,20);1H. The van der Waals surface area contributed by atoms with Gasteiger partial charge in [-0.25, -0.2) is 0 Å². The Bertz CT molecular complexity index is 439. The highest BCUT2D eigenvalue weighted by molar-refractivity contribution is 14.0. The van der Waals surface area contributed by atoms with Crippen molar-refractivity contribution >= 4 is 29.9 Å². The number of aliphatic imine (C=N–C) groups is 1. The van der Waals surface area contributed by atoms with Gasteiger partial charge in [0.25, 0.3) is 0 Å². The van der Waals surface area contributed by atoms with Crippen LogP contribution in [0.3, 0.4) is 0 Å². The minimum absolute atomic E-state index is 0. The fourth-order valence-electron chi connectivity index (χ4n) is 3.67. The molecule has 2 aliphatic rings. The maximum Gasteiger partial charge on any atom is 0.191 e. The number of hydrogen-bond donors (Lipinski definition) is 3. The molecule has 0 bridgehead atoms. The van der Waals surface area contributed by atoms with Crippen molar-refractivity contribution in [3.8, 4) is 0 Å². The second-order valence-corrected chi connectivity index (χ2v) is 7.76. The lowest BCUT2D eigenvalue weighted by Crippen LogP contribution is -2.69. The van der Waals surface area contributed by atoms with Crippen LogP contribution in [-0.2, 0) is 9.47 Å². The number of halogens is 1. The molecule has 0 spiro atoms. The quantitative estimate of drug-likeness (QED) is 0.324. The first-order valence-corrected chi connectivity index (χ1v) is 8.53. The van der Waals surface area contributed by atoms with Gasteiger partial charge in [-0.2, -0.15) is 0 Å². The second kappa shape index (κ2) is 8.51. The van der Waals surface area contributed by atoms with Crippen LogP contribution in [-0.4, -0.2) is 63.2 Å². The monoisotopic (exact) mass is 455 g/mol. The third-order valence-corrected chi connectivity index (χ3v) is 6.27. The number of nitrogens with one attached hydrogen (secondary N) is 2. The third-order valence-electron chi connectivity index (χ3n) is 6.27. The Morgan fingerprint density at radius 2 is 2.08 bits per heavy atom. The van der Waals surface area contributed by atoms with Crippen molar-refractivity contribution in [3.63, 3.8) is 0 Å². The summed E-state index contributed by atoms with van der Waals surface area (Å²) >= 11 is 0. The SMILES string of the molecule is CN=C(NCC1(CCO)CCOC1)NC1CC(C)(OC)C1(C)C.I. The number of aliphatic hydroxyl groups excluding tert-OH is 1. The number of rotatable bonds is 6. The van der Waals surface area contributed by atoms with Crippen molar-refractivity contribution in [2.24, 2.45) is 15.8 Å². The van der Waals surface area contributed by atoms with Crippen molar-refractivity contribution in [2.75, 3.05) is 40.5 Å². The molecule has 3 N–H and O–H groups in total. The summed E-state index contributed by atoms with van der Waals surface area (Å²) in [6, 6.07) is 0.326. The van der Waals surface area contributed by atoms with Crippen LogP contribution in [0.25, 0.3) is 0 Å². The smallest absolute Gasteiger partial charge is 0.191 e. The van der Waals surface area contributed by atoms with Crippen LogP contribution in [0.4, 0.5) is 0 Å². The first kappa shape index (κ1) is 21.9. The number of guanidine groups is 1. The van der Waals surface area contributed by atoms with Gasteiger partial charge in [0, 0.05) is 50.8 Å². The first-order valence-electron chi connectivity index (χ1n) is 8.53. The predicted molar refractivity (Wildman–Crippen MR) is 107 cm³/mol. The van der Waals surface area contributed by atoms with Crippen LogP contribution >= 0.6 is 24.0 Å². The van der Waals surface area contributed by atoms with E-state index in [1.165, 1.54) is 0 Å². The summed E-state index contributed by atoms with van der Waals surface area (Å²) in [7, 11) is 3.57. The summed E-state index contributed by atoms with van der Waals surface area (Å²) in [5, 5.41) is 16.3. The van der Waals surface area contributed by atoms with E-state index < -0.39 is 0 Å². The lowest BCUT2D eigenvalue weighted by molar-refractivity contribution is -0.176. The molecule has 142 valence electrons. The molecule has 0 aromatic heterocycles. The van der Waals surface area contributed by atoms with Crippen molar-refractivity contribution in [2.45, 2.75) is 51.7 Å². The van der Waals surface area contributed by atoms with E-state index in [4.69, 9.17) is 9.47 Å². The number of hydrogen-bond acceptors (Lipinski definition) is 4. The van der Waals surface area contributed by atoms with Gasteiger partial charge in [-0.05, 0) is 26.2 Å². The number of nitrogens with zero attached hydrogens (tertiary/aromatic N) is 1. The van der Waals surface area contributed by atoms with Crippen molar-refractivity contribution in [1.82, 2.24) is 10.6 Å². The van der Waals surface area contributed by atoms with Crippen LogP contribution in [0.15, 0.2) is 4.99 Å². The molecule has 3 atom stereocenters. The molecular weight excluding hydrogens is 421 g/mol. The molecule has 0 radical (unpaired) electrons. The highest BCUT2D eigenvalue weighted by Gasteiger charge is 2.58. The second-order valence-electron chi connectivity index (χ2n) is 7.76. The lowest BCUT2D eigenvalue weighted by Gasteiger charge is -2.59.